The van der Waals surface area contributed by atoms with Crippen LogP contribution in [-0.2, 0) is 0 Å². The van der Waals surface area contributed by atoms with Gasteiger partial charge in [0.2, 0.25) is 5.89 Å². The van der Waals surface area contributed by atoms with Gasteiger partial charge < -0.3 is 10.2 Å². The van der Waals surface area contributed by atoms with Crippen molar-refractivity contribution in [2.75, 3.05) is 5.73 Å². The number of anilines is 1. The van der Waals surface area contributed by atoms with Crippen LogP contribution >= 0.6 is 0 Å². The third kappa shape index (κ3) is 2.35. The molecular weight excluding hydrogens is 276 g/mol. The number of aromatic nitrogens is 3. The Morgan fingerprint density at radius 2 is 1.86 bits per heavy atom. The maximum Gasteiger partial charge on any atom is 0.251 e. The molecule has 0 bridgehead atoms. The summed E-state index contributed by atoms with van der Waals surface area (Å²) in [7, 11) is 0. The molecule has 1 fully saturated rings. The van der Waals surface area contributed by atoms with E-state index in [0.717, 1.165) is 24.0 Å². The Kier molecular flexibility index (Phi) is 2.92. The first-order chi connectivity index (χ1) is 10.7. The molecule has 1 saturated carbocycles. The number of nitrogen functional groups attached to an aromatic ring is 1. The van der Waals surface area contributed by atoms with Crippen LogP contribution in [0, 0.1) is 6.92 Å². The normalized spacial score (nSPS) is 14.2. The fraction of sp³-hybridized carbons (Fsp3) is 0.235. The molecule has 0 radical (unpaired) electrons. The highest BCUT2D eigenvalue weighted by Crippen LogP contribution is 2.40. The number of pyridine rings is 1. The quantitative estimate of drug-likeness (QED) is 0.798. The summed E-state index contributed by atoms with van der Waals surface area (Å²) >= 11 is 0. The van der Waals surface area contributed by atoms with Crippen molar-refractivity contribution in [1.82, 2.24) is 15.2 Å². The van der Waals surface area contributed by atoms with Gasteiger partial charge in [0.1, 0.15) is 5.82 Å². The summed E-state index contributed by atoms with van der Waals surface area (Å²) in [6, 6.07) is 10.2. The van der Waals surface area contributed by atoms with Crippen molar-refractivity contribution in [3.8, 4) is 22.6 Å². The van der Waals surface area contributed by atoms with Gasteiger partial charge in [0.25, 0.3) is 5.89 Å². The first-order valence-electron chi connectivity index (χ1n) is 7.37. The Morgan fingerprint density at radius 1 is 1.09 bits per heavy atom. The smallest absolute Gasteiger partial charge is 0.251 e. The molecule has 0 atom stereocenters. The van der Waals surface area contributed by atoms with Crippen LogP contribution < -0.4 is 5.73 Å². The number of hydrogen-bond acceptors (Lipinski definition) is 5. The SMILES string of the molecule is Cc1ccc(-c2cnc(N)c(-c3nnc(C4CC4)o3)c2)cc1. The molecule has 3 aromatic rings. The summed E-state index contributed by atoms with van der Waals surface area (Å²) < 4.78 is 5.74. The van der Waals surface area contributed by atoms with Crippen molar-refractivity contribution in [1.29, 1.82) is 0 Å². The summed E-state index contributed by atoms with van der Waals surface area (Å²) in [6.07, 6.45) is 4.01. The van der Waals surface area contributed by atoms with E-state index in [1.54, 1.807) is 6.20 Å². The molecule has 2 aromatic heterocycles. The molecule has 4 rings (SSSR count). The summed E-state index contributed by atoms with van der Waals surface area (Å²) in [6.45, 7) is 2.06. The predicted octanol–water partition coefficient (Wildman–Crippen LogP) is 3.57. The number of nitrogens with zero attached hydrogens (tertiary/aromatic N) is 3. The van der Waals surface area contributed by atoms with Gasteiger partial charge in [-0.1, -0.05) is 29.8 Å². The highest BCUT2D eigenvalue weighted by molar-refractivity contribution is 5.75. The molecule has 1 aliphatic carbocycles. The van der Waals surface area contributed by atoms with Crippen LogP contribution in [0.4, 0.5) is 5.82 Å². The van der Waals surface area contributed by atoms with Gasteiger partial charge in [-0.25, -0.2) is 4.98 Å². The van der Waals surface area contributed by atoms with Crippen LogP contribution in [0.3, 0.4) is 0 Å². The predicted molar refractivity (Wildman–Crippen MR) is 84.1 cm³/mol. The fourth-order valence-corrected chi connectivity index (χ4v) is 2.39. The highest BCUT2D eigenvalue weighted by Gasteiger charge is 2.29. The number of rotatable bonds is 3. The van der Waals surface area contributed by atoms with Crippen molar-refractivity contribution >= 4 is 5.82 Å². The number of nitrogens with two attached hydrogens (primary N) is 1. The molecule has 0 spiro atoms. The van der Waals surface area contributed by atoms with Gasteiger partial charge in [-0.05, 0) is 31.4 Å². The second-order valence-electron chi connectivity index (χ2n) is 5.74. The minimum atomic E-state index is 0.404. The summed E-state index contributed by atoms with van der Waals surface area (Å²) in [5.41, 5.74) is 9.96. The van der Waals surface area contributed by atoms with E-state index in [1.165, 1.54) is 5.56 Å². The molecule has 1 aliphatic rings. The Bertz CT molecular complexity index is 819. The van der Waals surface area contributed by atoms with E-state index in [4.69, 9.17) is 10.2 Å². The molecule has 0 unspecified atom stereocenters. The van der Waals surface area contributed by atoms with E-state index < -0.39 is 0 Å². The lowest BCUT2D eigenvalue weighted by atomic mass is 10.0. The van der Waals surface area contributed by atoms with E-state index in [-0.39, 0.29) is 0 Å². The minimum Gasteiger partial charge on any atom is -0.420 e. The summed E-state index contributed by atoms with van der Waals surface area (Å²) in [5, 5.41) is 8.23. The van der Waals surface area contributed by atoms with E-state index in [2.05, 4.69) is 46.4 Å². The lowest BCUT2D eigenvalue weighted by Gasteiger charge is -2.05. The standard InChI is InChI=1S/C17H16N4O/c1-10-2-4-11(5-3-10)13-8-14(15(18)19-9-13)17-21-20-16(22-17)12-6-7-12/h2-5,8-9,12H,6-7H2,1H3,(H2,18,19). The first-order valence-corrected chi connectivity index (χ1v) is 7.37. The summed E-state index contributed by atoms with van der Waals surface area (Å²) in [4.78, 5) is 4.27. The van der Waals surface area contributed by atoms with Gasteiger partial charge in [0.05, 0.1) is 5.56 Å². The van der Waals surface area contributed by atoms with Gasteiger partial charge in [-0.3, -0.25) is 0 Å². The summed E-state index contributed by atoms with van der Waals surface area (Å²) in [5.74, 6) is 1.98. The molecule has 0 amide bonds. The fourth-order valence-electron chi connectivity index (χ4n) is 2.39. The number of benzene rings is 1. The van der Waals surface area contributed by atoms with Crippen LogP contribution in [0.1, 0.15) is 30.2 Å². The molecule has 22 heavy (non-hydrogen) atoms. The largest absolute Gasteiger partial charge is 0.420 e. The molecule has 0 saturated heterocycles. The first kappa shape index (κ1) is 13.0. The second-order valence-corrected chi connectivity index (χ2v) is 5.74. The van der Waals surface area contributed by atoms with Crippen LogP contribution in [0.5, 0.6) is 0 Å². The van der Waals surface area contributed by atoms with Crippen LogP contribution in [-0.4, -0.2) is 15.2 Å². The Labute approximate surface area is 128 Å². The highest BCUT2D eigenvalue weighted by atomic mass is 16.4. The maximum atomic E-state index is 5.99. The van der Waals surface area contributed by atoms with Crippen molar-refractivity contribution in [2.45, 2.75) is 25.7 Å². The molecule has 110 valence electrons. The number of aryl methyl sites for hydroxylation is 1. The average Bonchev–Trinajstić information content (AvgIpc) is 3.27. The zero-order valence-corrected chi connectivity index (χ0v) is 12.3. The Balaban J connectivity index is 1.74. The molecule has 5 nitrogen and oxygen atoms in total. The lowest BCUT2D eigenvalue weighted by Crippen LogP contribution is -1.95. The number of hydrogen-bond donors (Lipinski definition) is 1. The van der Waals surface area contributed by atoms with Crippen LogP contribution in [0.15, 0.2) is 40.9 Å². The third-order valence-electron chi connectivity index (χ3n) is 3.90. The molecule has 5 heteroatoms. The van der Waals surface area contributed by atoms with E-state index >= 15 is 0 Å². The third-order valence-corrected chi connectivity index (χ3v) is 3.90. The van der Waals surface area contributed by atoms with Gasteiger partial charge in [-0.2, -0.15) is 0 Å². The van der Waals surface area contributed by atoms with Gasteiger partial charge in [0.15, 0.2) is 0 Å². The monoisotopic (exact) mass is 292 g/mol. The molecule has 2 N–H and O–H groups in total. The van der Waals surface area contributed by atoms with Crippen LogP contribution in [0.2, 0.25) is 0 Å². The second kappa shape index (κ2) is 4.94. The van der Waals surface area contributed by atoms with E-state index in [9.17, 15) is 0 Å². The van der Waals surface area contributed by atoms with Crippen molar-refractivity contribution in [2.24, 2.45) is 0 Å². The average molecular weight is 292 g/mol. The molecule has 2 heterocycles. The zero-order valence-electron chi connectivity index (χ0n) is 12.3. The van der Waals surface area contributed by atoms with Crippen molar-refractivity contribution in [3.63, 3.8) is 0 Å². The lowest BCUT2D eigenvalue weighted by molar-refractivity contribution is 0.508. The molecule has 0 aliphatic heterocycles. The van der Waals surface area contributed by atoms with Gasteiger partial charge in [-0.15, -0.1) is 10.2 Å². The van der Waals surface area contributed by atoms with Gasteiger partial charge in [0, 0.05) is 17.7 Å². The van der Waals surface area contributed by atoms with Gasteiger partial charge >= 0.3 is 0 Å². The van der Waals surface area contributed by atoms with Crippen molar-refractivity contribution in [3.05, 3.63) is 48.0 Å². The minimum absolute atomic E-state index is 0.404. The molecule has 1 aromatic carbocycles. The topological polar surface area (TPSA) is 77.8 Å². The van der Waals surface area contributed by atoms with E-state index in [0.29, 0.717) is 29.1 Å². The van der Waals surface area contributed by atoms with E-state index in [1.807, 2.05) is 6.07 Å². The maximum absolute atomic E-state index is 5.99. The molecular formula is C17H16N4O. The van der Waals surface area contributed by atoms with Crippen LogP contribution in [0.25, 0.3) is 22.6 Å². The van der Waals surface area contributed by atoms with Crippen molar-refractivity contribution < 1.29 is 4.42 Å². The Hall–Kier alpha value is -2.69. The zero-order chi connectivity index (χ0) is 15.1. The Morgan fingerprint density at radius 3 is 2.59 bits per heavy atom.